The number of rotatable bonds is 7. The topological polar surface area (TPSA) is 72.8 Å². The minimum atomic E-state index is -1.17. The molecule has 0 radical (unpaired) electrons. The van der Waals surface area contributed by atoms with Crippen LogP contribution in [0.5, 0.6) is 5.75 Å². The Hall–Kier alpha value is -1.56. The molecule has 1 aromatic rings. The van der Waals surface area contributed by atoms with E-state index in [1.807, 2.05) is 19.1 Å². The number of carboxylic acid groups (broad SMARTS) is 1. The molecular weight excluding hydrogens is 340 g/mol. The smallest absolute Gasteiger partial charge is 0.320 e. The van der Waals surface area contributed by atoms with Crippen molar-refractivity contribution in [2.24, 2.45) is 5.92 Å². The van der Waals surface area contributed by atoms with Crippen molar-refractivity contribution in [2.45, 2.75) is 26.2 Å². The molecule has 0 aliphatic rings. The Labute approximate surface area is 132 Å². The van der Waals surface area contributed by atoms with Gasteiger partial charge in [0.2, 0.25) is 0 Å². The third-order valence-electron chi connectivity index (χ3n) is 3.19. The van der Waals surface area contributed by atoms with Crippen LogP contribution in [0, 0.1) is 5.92 Å². The van der Waals surface area contributed by atoms with E-state index in [9.17, 15) is 14.7 Å². The average Bonchev–Trinajstić information content (AvgIpc) is 2.44. The van der Waals surface area contributed by atoms with E-state index in [0.717, 1.165) is 10.0 Å². The second kappa shape index (κ2) is 8.02. The summed E-state index contributed by atoms with van der Waals surface area (Å²) in [5.74, 6) is -2.49. The van der Waals surface area contributed by atoms with Crippen molar-refractivity contribution in [1.82, 2.24) is 0 Å². The Morgan fingerprint density at radius 1 is 1.38 bits per heavy atom. The highest BCUT2D eigenvalue weighted by Crippen LogP contribution is 2.32. The molecule has 0 spiro atoms. The van der Waals surface area contributed by atoms with Gasteiger partial charge >= 0.3 is 11.9 Å². The number of hydrogen-bond donors (Lipinski definition) is 1. The van der Waals surface area contributed by atoms with E-state index in [0.29, 0.717) is 5.75 Å². The summed E-state index contributed by atoms with van der Waals surface area (Å²) in [6.07, 6.45) is 0.167. The first-order valence-electron chi connectivity index (χ1n) is 6.63. The summed E-state index contributed by atoms with van der Waals surface area (Å²) in [5.41, 5.74) is 0.893. The molecule has 0 fully saturated rings. The molecule has 116 valence electrons. The number of benzene rings is 1. The van der Waals surface area contributed by atoms with Gasteiger partial charge in [-0.25, -0.2) is 0 Å². The number of hydrogen-bond acceptors (Lipinski definition) is 4. The first kappa shape index (κ1) is 17.5. The first-order chi connectivity index (χ1) is 9.90. The Kier molecular flexibility index (Phi) is 6.68. The number of carbonyl (C=O) groups excluding carboxylic acids is 1. The van der Waals surface area contributed by atoms with Gasteiger partial charge in [-0.2, -0.15) is 0 Å². The van der Waals surface area contributed by atoms with E-state index in [-0.39, 0.29) is 18.9 Å². The van der Waals surface area contributed by atoms with Crippen molar-refractivity contribution in [3.05, 3.63) is 28.2 Å². The van der Waals surface area contributed by atoms with Crippen molar-refractivity contribution in [3.8, 4) is 5.75 Å². The average molecular weight is 359 g/mol. The van der Waals surface area contributed by atoms with Crippen LogP contribution >= 0.6 is 15.9 Å². The number of aliphatic carboxylic acids is 1. The molecule has 1 N–H and O–H groups in total. The lowest BCUT2D eigenvalue weighted by atomic mass is 9.90. The van der Waals surface area contributed by atoms with Crippen LogP contribution in [0.2, 0.25) is 0 Å². The highest BCUT2D eigenvalue weighted by atomic mass is 79.9. The molecule has 0 amide bonds. The summed E-state index contributed by atoms with van der Waals surface area (Å²) in [4.78, 5) is 23.0. The molecule has 0 heterocycles. The first-order valence-corrected chi connectivity index (χ1v) is 7.42. The molecule has 0 aliphatic carbocycles. The highest BCUT2D eigenvalue weighted by Gasteiger charge is 2.30. The van der Waals surface area contributed by atoms with Gasteiger partial charge < -0.3 is 14.6 Å². The molecule has 5 nitrogen and oxygen atoms in total. The molecule has 0 bridgehead atoms. The van der Waals surface area contributed by atoms with Crippen LogP contribution in [0.1, 0.15) is 31.7 Å². The lowest BCUT2D eigenvalue weighted by molar-refractivity contribution is -0.158. The standard InChI is InChI=1S/C15H19BrO5/c1-4-21-15(19)12(14(17)18)7-9(2)11-8-10(20-3)5-6-13(11)16/h5-6,8-9,12H,4,7H2,1-3H3,(H,17,18)/t9-,12-/m1/s1. The van der Waals surface area contributed by atoms with Crippen LogP contribution in [-0.4, -0.2) is 30.8 Å². The highest BCUT2D eigenvalue weighted by molar-refractivity contribution is 9.10. The predicted octanol–water partition coefficient (Wildman–Crippen LogP) is 3.22. The summed E-state index contributed by atoms with van der Waals surface area (Å²) < 4.78 is 10.8. The van der Waals surface area contributed by atoms with Crippen LogP contribution in [-0.2, 0) is 14.3 Å². The second-order valence-electron chi connectivity index (χ2n) is 4.67. The van der Waals surface area contributed by atoms with E-state index >= 15 is 0 Å². The van der Waals surface area contributed by atoms with Gasteiger partial charge in [-0.1, -0.05) is 22.9 Å². The SMILES string of the molecule is CCOC(=O)[C@H](C[C@@H](C)c1cc(OC)ccc1Br)C(=O)O. The molecule has 0 aliphatic heterocycles. The molecule has 0 unspecified atom stereocenters. The molecular formula is C15H19BrO5. The van der Waals surface area contributed by atoms with Gasteiger partial charge in [0.25, 0.3) is 0 Å². The molecule has 0 aromatic heterocycles. The fourth-order valence-electron chi connectivity index (χ4n) is 2.05. The van der Waals surface area contributed by atoms with Crippen molar-refractivity contribution in [2.75, 3.05) is 13.7 Å². The third kappa shape index (κ3) is 4.74. The summed E-state index contributed by atoms with van der Waals surface area (Å²) in [7, 11) is 1.57. The minimum Gasteiger partial charge on any atom is -0.497 e. The third-order valence-corrected chi connectivity index (χ3v) is 3.91. The van der Waals surface area contributed by atoms with E-state index < -0.39 is 17.9 Å². The van der Waals surface area contributed by atoms with Gasteiger partial charge in [0.15, 0.2) is 5.92 Å². The molecule has 0 saturated heterocycles. The zero-order valence-electron chi connectivity index (χ0n) is 12.3. The maximum atomic E-state index is 11.7. The fraction of sp³-hybridized carbons (Fsp3) is 0.467. The molecule has 6 heteroatoms. The van der Waals surface area contributed by atoms with Crippen molar-refractivity contribution < 1.29 is 24.2 Å². The maximum Gasteiger partial charge on any atom is 0.320 e. The molecule has 1 rings (SSSR count). The summed E-state index contributed by atoms with van der Waals surface area (Å²) >= 11 is 3.44. The fourth-order valence-corrected chi connectivity index (χ4v) is 2.69. The van der Waals surface area contributed by atoms with E-state index in [2.05, 4.69) is 15.9 Å². The van der Waals surface area contributed by atoms with Gasteiger partial charge in [0.05, 0.1) is 13.7 Å². The number of esters is 1. The normalized spacial score (nSPS) is 13.3. The van der Waals surface area contributed by atoms with Crippen LogP contribution < -0.4 is 4.74 Å². The predicted molar refractivity (Wildman–Crippen MR) is 81.5 cm³/mol. The molecule has 0 saturated carbocycles. The summed E-state index contributed by atoms with van der Waals surface area (Å²) in [5, 5.41) is 9.20. The summed E-state index contributed by atoms with van der Waals surface area (Å²) in [6, 6.07) is 5.48. The van der Waals surface area contributed by atoms with Gasteiger partial charge in [0, 0.05) is 4.47 Å². The van der Waals surface area contributed by atoms with Crippen molar-refractivity contribution in [3.63, 3.8) is 0 Å². The number of carboxylic acids is 1. The monoisotopic (exact) mass is 358 g/mol. The van der Waals surface area contributed by atoms with Crippen LogP contribution in [0.15, 0.2) is 22.7 Å². The lowest BCUT2D eigenvalue weighted by Gasteiger charge is -2.18. The quantitative estimate of drug-likeness (QED) is 0.598. The number of methoxy groups -OCH3 is 1. The van der Waals surface area contributed by atoms with E-state index in [1.54, 1.807) is 20.1 Å². The Balaban J connectivity index is 2.94. The van der Waals surface area contributed by atoms with Crippen LogP contribution in [0.3, 0.4) is 0 Å². The number of ether oxygens (including phenoxy) is 2. The van der Waals surface area contributed by atoms with Crippen LogP contribution in [0.4, 0.5) is 0 Å². The number of halogens is 1. The largest absolute Gasteiger partial charge is 0.497 e. The minimum absolute atomic E-state index is 0.139. The van der Waals surface area contributed by atoms with Gasteiger partial charge in [-0.15, -0.1) is 0 Å². The van der Waals surface area contributed by atoms with E-state index in [4.69, 9.17) is 9.47 Å². The summed E-state index contributed by atoms with van der Waals surface area (Å²) in [6.45, 7) is 3.69. The zero-order chi connectivity index (χ0) is 16.0. The Morgan fingerprint density at radius 3 is 2.57 bits per heavy atom. The van der Waals surface area contributed by atoms with Gasteiger partial charge in [-0.05, 0) is 43.0 Å². The van der Waals surface area contributed by atoms with Crippen molar-refractivity contribution >= 4 is 27.9 Å². The van der Waals surface area contributed by atoms with E-state index in [1.165, 1.54) is 0 Å². The molecule has 21 heavy (non-hydrogen) atoms. The second-order valence-corrected chi connectivity index (χ2v) is 5.52. The Morgan fingerprint density at radius 2 is 2.05 bits per heavy atom. The van der Waals surface area contributed by atoms with Crippen molar-refractivity contribution in [1.29, 1.82) is 0 Å². The zero-order valence-corrected chi connectivity index (χ0v) is 13.8. The molecule has 2 atom stereocenters. The molecule has 1 aromatic carbocycles. The maximum absolute atomic E-state index is 11.7. The lowest BCUT2D eigenvalue weighted by Crippen LogP contribution is -2.27. The Bertz CT molecular complexity index is 515. The van der Waals surface area contributed by atoms with Gasteiger partial charge in [-0.3, -0.25) is 9.59 Å². The number of carbonyl (C=O) groups is 2. The van der Waals surface area contributed by atoms with Crippen LogP contribution in [0.25, 0.3) is 0 Å². The van der Waals surface area contributed by atoms with Gasteiger partial charge in [0.1, 0.15) is 5.75 Å².